The Labute approximate surface area is 33.9 Å². The fraction of sp³-hybridized carbons (Fsp3) is 1.00. The Kier molecular flexibility index (Phi) is 0.190. The third-order valence-corrected chi connectivity index (χ3v) is 5.12. The van der Waals surface area contributed by atoms with Crippen molar-refractivity contribution < 1.29 is 0 Å². The Bertz CT molecular complexity index is 71.7. The van der Waals surface area contributed by atoms with E-state index in [0.717, 1.165) is 0 Å². The minimum atomic E-state index is 0.250. The molecule has 0 bridgehead atoms. The predicted octanol–water partition coefficient (Wildman–Crippen LogP) is 0.817. The first-order valence-electron chi connectivity index (χ1n) is 2.04. The van der Waals surface area contributed by atoms with Crippen molar-refractivity contribution in [2.75, 3.05) is 17.8 Å². The van der Waals surface area contributed by atoms with Crippen molar-refractivity contribution >= 4 is 10.0 Å². The molecule has 2 heterocycles. The van der Waals surface area contributed by atoms with Crippen molar-refractivity contribution in [3.8, 4) is 0 Å². The van der Waals surface area contributed by atoms with Gasteiger partial charge in [0.05, 0.1) is 0 Å². The number of hydrogen-bond donors (Lipinski definition) is 0. The Morgan fingerprint density at radius 2 is 1.80 bits per heavy atom. The van der Waals surface area contributed by atoms with Gasteiger partial charge in [-0.05, 0) is 17.8 Å². The van der Waals surface area contributed by atoms with Gasteiger partial charge >= 0.3 is 0 Å². The average molecular weight is 88.2 g/mol. The number of rotatable bonds is 0. The highest BCUT2D eigenvalue weighted by atomic mass is 32.3. The second-order valence-corrected chi connectivity index (χ2v) is 6.34. The monoisotopic (exact) mass is 88.0 g/mol. The van der Waals surface area contributed by atoms with Crippen molar-refractivity contribution in [3.05, 3.63) is 0 Å². The summed E-state index contributed by atoms with van der Waals surface area (Å²) in [6, 6.07) is 0. The number of fused-ring (bicyclic) bond motifs is 1. The highest BCUT2D eigenvalue weighted by molar-refractivity contribution is 8.46. The molecule has 0 spiro atoms. The van der Waals surface area contributed by atoms with Crippen LogP contribution in [-0.4, -0.2) is 23.0 Å². The van der Waals surface area contributed by atoms with E-state index in [1.807, 2.05) is 0 Å². The minimum absolute atomic E-state index is 0.250. The van der Waals surface area contributed by atoms with E-state index in [2.05, 4.69) is 6.26 Å². The maximum atomic E-state index is 2.46. The second-order valence-electron chi connectivity index (χ2n) is 2.31. The molecule has 0 aliphatic carbocycles. The van der Waals surface area contributed by atoms with Crippen LogP contribution >= 0.6 is 10.0 Å². The first kappa shape index (κ1) is 2.51. The zero-order chi connectivity index (χ0) is 3.49. The molecule has 2 saturated heterocycles. The van der Waals surface area contributed by atoms with Crippen LogP contribution in [0.4, 0.5) is 0 Å². The van der Waals surface area contributed by atoms with Gasteiger partial charge in [0.15, 0.2) is 0 Å². The van der Waals surface area contributed by atoms with Crippen molar-refractivity contribution in [2.24, 2.45) is 0 Å². The lowest BCUT2D eigenvalue weighted by Gasteiger charge is -1.87. The highest BCUT2D eigenvalue weighted by Crippen LogP contribution is 2.82. The van der Waals surface area contributed by atoms with E-state index < -0.39 is 0 Å². The molecule has 0 aromatic carbocycles. The third kappa shape index (κ3) is 0.158. The van der Waals surface area contributed by atoms with E-state index >= 15 is 0 Å². The van der Waals surface area contributed by atoms with Gasteiger partial charge in [0.2, 0.25) is 0 Å². The molecule has 0 radical (unpaired) electrons. The Balaban J connectivity index is 2.37. The van der Waals surface area contributed by atoms with Crippen LogP contribution in [0.25, 0.3) is 0 Å². The minimum Gasteiger partial charge on any atom is -0.237 e. The maximum absolute atomic E-state index is 2.46. The van der Waals surface area contributed by atoms with Gasteiger partial charge in [-0.15, -0.1) is 0 Å². The van der Waals surface area contributed by atoms with E-state index in [9.17, 15) is 0 Å². The van der Waals surface area contributed by atoms with Gasteiger partial charge in [0, 0.05) is 5.25 Å². The topological polar surface area (TPSA) is 0 Å². The molecular weight excluding hydrogens is 80.1 g/mol. The fourth-order valence-electron chi connectivity index (χ4n) is 0.722. The molecule has 30 valence electrons. The molecule has 0 amide bonds. The van der Waals surface area contributed by atoms with Crippen LogP contribution in [0.15, 0.2) is 0 Å². The zero-order valence-electron chi connectivity index (χ0n) is 3.40. The van der Waals surface area contributed by atoms with Crippen LogP contribution in [0, 0.1) is 0 Å². The molecule has 1 heteroatoms. The molecule has 0 atom stereocenters. The van der Waals surface area contributed by atoms with Crippen molar-refractivity contribution in [2.45, 2.75) is 5.25 Å². The lowest BCUT2D eigenvalue weighted by molar-refractivity contribution is 1.31. The lowest BCUT2D eigenvalue weighted by atomic mass is 10.6. The summed E-state index contributed by atoms with van der Waals surface area (Å²) in [4.78, 5) is 0. The molecule has 0 aromatic rings. The molecule has 2 rings (SSSR count). The van der Waals surface area contributed by atoms with Gasteiger partial charge < -0.3 is 0 Å². The van der Waals surface area contributed by atoms with Gasteiger partial charge in [-0.25, -0.2) is 10.0 Å². The molecule has 5 heavy (non-hydrogen) atoms. The normalized spacial score (nSPS) is 83.0. The molecule has 0 nitrogen and oxygen atoms in total. The Morgan fingerprint density at radius 3 is 1.80 bits per heavy atom. The van der Waals surface area contributed by atoms with Gasteiger partial charge in [-0.3, -0.25) is 0 Å². The summed E-state index contributed by atoms with van der Waals surface area (Å²) in [5, 5.41) is 1.28. The third-order valence-electron chi connectivity index (χ3n) is 1.71. The first-order chi connectivity index (χ1) is 2.31. The molecule has 0 aromatic heterocycles. The van der Waals surface area contributed by atoms with Crippen LogP contribution < -0.4 is 0 Å². The SMILES string of the molecule is CS12CC1C2. The van der Waals surface area contributed by atoms with E-state index in [1.54, 1.807) is 11.5 Å². The summed E-state index contributed by atoms with van der Waals surface area (Å²) in [6.07, 6.45) is 2.46. The summed E-state index contributed by atoms with van der Waals surface area (Å²) < 4.78 is 0. The molecule has 2 fully saturated rings. The molecule has 0 N–H and O–H groups in total. The van der Waals surface area contributed by atoms with Crippen molar-refractivity contribution in [3.63, 3.8) is 0 Å². The Morgan fingerprint density at radius 1 is 1.60 bits per heavy atom. The largest absolute Gasteiger partial charge is 0.237 e. The number of hydrogen-bond acceptors (Lipinski definition) is 0. The van der Waals surface area contributed by atoms with E-state index in [0.29, 0.717) is 0 Å². The fourth-order valence-corrected chi connectivity index (χ4v) is 3.56. The second kappa shape index (κ2) is 0.379. The van der Waals surface area contributed by atoms with Crippen molar-refractivity contribution in [1.82, 2.24) is 0 Å². The summed E-state index contributed by atoms with van der Waals surface area (Å²) >= 11 is 0. The van der Waals surface area contributed by atoms with E-state index in [-0.39, 0.29) is 10.0 Å². The van der Waals surface area contributed by atoms with Crippen LogP contribution in [0.2, 0.25) is 0 Å². The van der Waals surface area contributed by atoms with Gasteiger partial charge in [-0.2, -0.15) is 0 Å². The van der Waals surface area contributed by atoms with Crippen LogP contribution in [0.5, 0.6) is 0 Å². The van der Waals surface area contributed by atoms with Crippen LogP contribution in [0.3, 0.4) is 0 Å². The Hall–Kier alpha value is 0.350. The van der Waals surface area contributed by atoms with E-state index in [1.165, 1.54) is 5.25 Å². The smallest absolute Gasteiger partial charge is 0.00391 e. The van der Waals surface area contributed by atoms with Crippen molar-refractivity contribution in [1.29, 1.82) is 0 Å². The van der Waals surface area contributed by atoms with Gasteiger partial charge in [-0.1, -0.05) is 0 Å². The molecule has 2 aliphatic heterocycles. The van der Waals surface area contributed by atoms with Gasteiger partial charge in [0.1, 0.15) is 0 Å². The lowest BCUT2D eigenvalue weighted by Crippen LogP contribution is -1.73. The summed E-state index contributed by atoms with van der Waals surface area (Å²) in [5.41, 5.74) is 0. The highest BCUT2D eigenvalue weighted by Gasteiger charge is 2.60. The first-order valence-corrected chi connectivity index (χ1v) is 4.48. The molecular formula is C4H8S. The molecule has 0 unspecified atom stereocenters. The standard InChI is InChI=1S/C4H8S/c1-5-2-4(5)3-5/h4H,2-3H2,1H3. The van der Waals surface area contributed by atoms with Crippen LogP contribution in [-0.2, 0) is 0 Å². The maximum Gasteiger partial charge on any atom is 0.00391 e. The molecule has 2 aliphatic rings. The van der Waals surface area contributed by atoms with E-state index in [4.69, 9.17) is 0 Å². The quantitative estimate of drug-likeness (QED) is 0.384. The summed E-state index contributed by atoms with van der Waals surface area (Å²) in [5.74, 6) is 3.26. The summed E-state index contributed by atoms with van der Waals surface area (Å²) in [6.45, 7) is 0. The zero-order valence-corrected chi connectivity index (χ0v) is 4.22. The van der Waals surface area contributed by atoms with Crippen LogP contribution in [0.1, 0.15) is 0 Å². The average Bonchev–Trinajstić information content (AvgIpc) is 1.74. The van der Waals surface area contributed by atoms with Gasteiger partial charge in [0.25, 0.3) is 0 Å². The molecule has 0 saturated carbocycles. The summed E-state index contributed by atoms with van der Waals surface area (Å²) in [7, 11) is 0.250. The predicted molar refractivity (Wildman–Crippen MR) is 27.0 cm³/mol.